The van der Waals surface area contributed by atoms with Gasteiger partial charge < -0.3 is 5.32 Å². The van der Waals surface area contributed by atoms with E-state index in [4.69, 9.17) is 5.26 Å². The maximum Gasteiger partial charge on any atom is 0.126 e. The molecule has 0 aliphatic carbocycles. The van der Waals surface area contributed by atoms with Gasteiger partial charge in [-0.05, 0) is 31.2 Å². The Labute approximate surface area is 77.0 Å². The van der Waals surface area contributed by atoms with Crippen LogP contribution in [0, 0.1) is 24.1 Å². The van der Waals surface area contributed by atoms with E-state index in [-0.39, 0.29) is 5.82 Å². The molecule has 1 rings (SSSR count). The Morgan fingerprint density at radius 2 is 2.23 bits per heavy atom. The average Bonchev–Trinajstić information content (AvgIpc) is 2.13. The zero-order valence-corrected chi connectivity index (χ0v) is 7.63. The van der Waals surface area contributed by atoms with E-state index in [2.05, 4.69) is 5.32 Å². The summed E-state index contributed by atoms with van der Waals surface area (Å²) in [5, 5.41) is 11.5. The van der Waals surface area contributed by atoms with Crippen LogP contribution in [0.4, 0.5) is 4.39 Å². The molecule has 0 aliphatic heterocycles. The summed E-state index contributed by atoms with van der Waals surface area (Å²) in [7, 11) is 1.67. The van der Waals surface area contributed by atoms with Crippen molar-refractivity contribution in [3.05, 3.63) is 35.1 Å². The highest BCUT2D eigenvalue weighted by Gasteiger charge is 2.08. The van der Waals surface area contributed by atoms with Crippen LogP contribution >= 0.6 is 0 Å². The molecule has 13 heavy (non-hydrogen) atoms. The number of halogens is 1. The van der Waals surface area contributed by atoms with Gasteiger partial charge in [0.25, 0.3) is 0 Å². The smallest absolute Gasteiger partial charge is 0.126 e. The maximum atomic E-state index is 13.1. The second-order valence-corrected chi connectivity index (χ2v) is 2.86. The molecule has 2 nitrogen and oxygen atoms in total. The molecule has 1 atom stereocenters. The van der Waals surface area contributed by atoms with E-state index in [0.29, 0.717) is 11.1 Å². The molecule has 3 heteroatoms. The molecule has 0 saturated carbocycles. The Morgan fingerprint density at radius 3 is 2.69 bits per heavy atom. The van der Waals surface area contributed by atoms with Gasteiger partial charge >= 0.3 is 0 Å². The molecule has 1 N–H and O–H groups in total. The van der Waals surface area contributed by atoms with Crippen LogP contribution in [0.3, 0.4) is 0 Å². The van der Waals surface area contributed by atoms with Crippen molar-refractivity contribution < 1.29 is 4.39 Å². The Balaban J connectivity index is 3.04. The third-order valence-electron chi connectivity index (χ3n) is 1.95. The Kier molecular flexibility index (Phi) is 2.99. The first-order chi connectivity index (χ1) is 6.19. The van der Waals surface area contributed by atoms with Gasteiger partial charge in [0.05, 0.1) is 6.07 Å². The fourth-order valence-electron chi connectivity index (χ4n) is 1.09. The van der Waals surface area contributed by atoms with Crippen molar-refractivity contribution in [2.75, 3.05) is 7.05 Å². The molecule has 0 saturated heterocycles. The maximum absolute atomic E-state index is 13.1. The summed E-state index contributed by atoms with van der Waals surface area (Å²) < 4.78 is 13.1. The molecule has 0 heterocycles. The number of benzene rings is 1. The largest absolute Gasteiger partial charge is 0.301 e. The van der Waals surface area contributed by atoms with Crippen molar-refractivity contribution in [3.63, 3.8) is 0 Å². The molecule has 0 amide bonds. The van der Waals surface area contributed by atoms with Crippen LogP contribution in [-0.2, 0) is 0 Å². The van der Waals surface area contributed by atoms with E-state index in [0.717, 1.165) is 0 Å². The summed E-state index contributed by atoms with van der Waals surface area (Å²) in [5.41, 5.74) is 1.25. The SMILES string of the molecule is CN[C@H](C#N)c1ccc(C)c(F)c1. The zero-order valence-electron chi connectivity index (χ0n) is 7.63. The van der Waals surface area contributed by atoms with Crippen molar-refractivity contribution in [2.45, 2.75) is 13.0 Å². The van der Waals surface area contributed by atoms with Crippen LogP contribution in [0.2, 0.25) is 0 Å². The molecule has 0 bridgehead atoms. The second-order valence-electron chi connectivity index (χ2n) is 2.86. The van der Waals surface area contributed by atoms with Gasteiger partial charge in [-0.15, -0.1) is 0 Å². The molecule has 1 aromatic carbocycles. The summed E-state index contributed by atoms with van der Waals surface area (Å²) >= 11 is 0. The number of hydrogen-bond donors (Lipinski definition) is 1. The number of nitriles is 1. The summed E-state index contributed by atoms with van der Waals surface area (Å²) in [6, 6.07) is 6.42. The van der Waals surface area contributed by atoms with Crippen molar-refractivity contribution in [1.82, 2.24) is 5.32 Å². The van der Waals surface area contributed by atoms with Gasteiger partial charge in [-0.2, -0.15) is 5.26 Å². The number of nitrogens with zero attached hydrogens (tertiary/aromatic N) is 1. The molecular weight excluding hydrogens is 167 g/mol. The zero-order chi connectivity index (χ0) is 9.84. The fourth-order valence-corrected chi connectivity index (χ4v) is 1.09. The highest BCUT2D eigenvalue weighted by molar-refractivity contribution is 5.28. The first kappa shape index (κ1) is 9.69. The molecule has 0 aliphatic rings. The standard InChI is InChI=1S/C10H11FN2/c1-7-3-4-8(5-9(7)11)10(6-12)13-2/h3-5,10,13H,1-2H3/t10-/m1/s1. The van der Waals surface area contributed by atoms with Crippen molar-refractivity contribution in [1.29, 1.82) is 5.26 Å². The third kappa shape index (κ3) is 2.04. The van der Waals surface area contributed by atoms with Gasteiger partial charge in [-0.1, -0.05) is 12.1 Å². The van der Waals surface area contributed by atoms with Crippen molar-refractivity contribution in [2.24, 2.45) is 0 Å². The number of hydrogen-bond acceptors (Lipinski definition) is 2. The van der Waals surface area contributed by atoms with Crippen LogP contribution in [0.1, 0.15) is 17.2 Å². The predicted octanol–water partition coefficient (Wildman–Crippen LogP) is 1.92. The lowest BCUT2D eigenvalue weighted by Gasteiger charge is -2.08. The van der Waals surface area contributed by atoms with Gasteiger partial charge in [0.15, 0.2) is 0 Å². The van der Waals surface area contributed by atoms with Crippen LogP contribution in [0.5, 0.6) is 0 Å². The molecule has 68 valence electrons. The van der Waals surface area contributed by atoms with E-state index in [9.17, 15) is 4.39 Å². The topological polar surface area (TPSA) is 35.8 Å². The third-order valence-corrected chi connectivity index (χ3v) is 1.95. The number of nitrogens with one attached hydrogen (secondary N) is 1. The van der Waals surface area contributed by atoms with Crippen molar-refractivity contribution >= 4 is 0 Å². The van der Waals surface area contributed by atoms with Gasteiger partial charge in [0.1, 0.15) is 11.9 Å². The van der Waals surface area contributed by atoms with Gasteiger partial charge in [0, 0.05) is 0 Å². The minimum atomic E-state index is -0.435. The first-order valence-electron chi connectivity index (χ1n) is 4.02. The minimum absolute atomic E-state index is 0.270. The lowest BCUT2D eigenvalue weighted by Crippen LogP contribution is -2.14. The van der Waals surface area contributed by atoms with Crippen LogP contribution in [-0.4, -0.2) is 7.05 Å². The lowest BCUT2D eigenvalue weighted by molar-refractivity contribution is 0.611. The van der Waals surface area contributed by atoms with Crippen LogP contribution in [0.25, 0.3) is 0 Å². The highest BCUT2D eigenvalue weighted by Crippen LogP contribution is 2.15. The normalized spacial score (nSPS) is 12.2. The van der Waals surface area contributed by atoms with Crippen molar-refractivity contribution in [3.8, 4) is 6.07 Å². The van der Waals surface area contributed by atoms with E-state index >= 15 is 0 Å². The van der Waals surface area contributed by atoms with E-state index in [1.165, 1.54) is 6.07 Å². The molecule has 0 spiro atoms. The van der Waals surface area contributed by atoms with E-state index in [1.807, 2.05) is 6.07 Å². The summed E-state index contributed by atoms with van der Waals surface area (Å²) in [4.78, 5) is 0. The number of aryl methyl sites for hydroxylation is 1. The predicted molar refractivity (Wildman–Crippen MR) is 48.6 cm³/mol. The molecule has 0 fully saturated rings. The van der Waals surface area contributed by atoms with E-state index < -0.39 is 6.04 Å². The average molecular weight is 178 g/mol. The number of rotatable bonds is 2. The van der Waals surface area contributed by atoms with E-state index in [1.54, 1.807) is 26.1 Å². The summed E-state index contributed by atoms with van der Waals surface area (Å²) in [5.74, 6) is -0.270. The Bertz CT molecular complexity index is 341. The molecule has 0 radical (unpaired) electrons. The van der Waals surface area contributed by atoms with Gasteiger partial charge in [-0.3, -0.25) is 0 Å². The highest BCUT2D eigenvalue weighted by atomic mass is 19.1. The van der Waals surface area contributed by atoms with Gasteiger partial charge in [-0.25, -0.2) is 4.39 Å². The van der Waals surface area contributed by atoms with Crippen LogP contribution < -0.4 is 5.32 Å². The van der Waals surface area contributed by atoms with Gasteiger partial charge in [0.2, 0.25) is 0 Å². The summed E-state index contributed by atoms with van der Waals surface area (Å²) in [6.45, 7) is 1.69. The van der Waals surface area contributed by atoms with Crippen LogP contribution in [0.15, 0.2) is 18.2 Å². The fraction of sp³-hybridized carbons (Fsp3) is 0.300. The second kappa shape index (κ2) is 4.01. The molecule has 0 aromatic heterocycles. The summed E-state index contributed by atoms with van der Waals surface area (Å²) in [6.07, 6.45) is 0. The quantitative estimate of drug-likeness (QED) is 0.751. The first-order valence-corrected chi connectivity index (χ1v) is 4.02. The molecular formula is C10H11FN2. The Morgan fingerprint density at radius 1 is 1.54 bits per heavy atom. The molecule has 1 aromatic rings. The molecule has 0 unspecified atom stereocenters. The monoisotopic (exact) mass is 178 g/mol. The minimum Gasteiger partial charge on any atom is -0.301 e. The lowest BCUT2D eigenvalue weighted by atomic mass is 10.1. The Hall–Kier alpha value is -1.40.